The van der Waals surface area contributed by atoms with Gasteiger partial charge in [-0.3, -0.25) is 4.79 Å². The second kappa shape index (κ2) is 7.40. The fourth-order valence-corrected chi connectivity index (χ4v) is 3.41. The van der Waals surface area contributed by atoms with E-state index in [1.807, 2.05) is 0 Å². The fourth-order valence-electron chi connectivity index (χ4n) is 3.41. The van der Waals surface area contributed by atoms with Crippen molar-refractivity contribution in [3.63, 3.8) is 0 Å². The van der Waals surface area contributed by atoms with Gasteiger partial charge in [-0.15, -0.1) is 12.4 Å². The third-order valence-electron chi connectivity index (χ3n) is 4.61. The molecule has 122 valence electrons. The highest BCUT2D eigenvalue weighted by molar-refractivity contribution is 5.90. The summed E-state index contributed by atoms with van der Waals surface area (Å²) in [5.74, 6) is -0.380. The summed E-state index contributed by atoms with van der Waals surface area (Å²) >= 11 is 0. The van der Waals surface area contributed by atoms with Crippen LogP contribution in [0.1, 0.15) is 19.3 Å². The molecular weight excluding hydrogens is 305 g/mol. The standard InChI is InChI=1S/C16H22FN3O.ClH/c17-13-2-1-3-14(10-13)19-15(21)4-8-20-9-6-16(12-20)5-7-18-11-16;/h1-3,10,18H,4-9,11-12H2,(H,19,21);1H. The summed E-state index contributed by atoms with van der Waals surface area (Å²) in [6.07, 6.45) is 2.94. The highest BCUT2D eigenvalue weighted by Crippen LogP contribution is 2.35. The van der Waals surface area contributed by atoms with Crippen LogP contribution < -0.4 is 10.6 Å². The predicted octanol–water partition coefficient (Wildman–Crippen LogP) is 2.26. The van der Waals surface area contributed by atoms with Crippen LogP contribution in [-0.2, 0) is 4.79 Å². The summed E-state index contributed by atoms with van der Waals surface area (Å²) in [4.78, 5) is 14.3. The Morgan fingerprint density at radius 1 is 1.41 bits per heavy atom. The lowest BCUT2D eigenvalue weighted by Gasteiger charge is -2.22. The first-order valence-electron chi connectivity index (χ1n) is 7.64. The maximum Gasteiger partial charge on any atom is 0.225 e. The van der Waals surface area contributed by atoms with Crippen LogP contribution in [0.5, 0.6) is 0 Å². The quantitative estimate of drug-likeness (QED) is 0.891. The minimum atomic E-state index is -0.331. The fraction of sp³-hybridized carbons (Fsp3) is 0.562. The third kappa shape index (κ3) is 4.18. The lowest BCUT2D eigenvalue weighted by Crippen LogP contribution is -2.31. The lowest BCUT2D eigenvalue weighted by molar-refractivity contribution is -0.116. The summed E-state index contributed by atoms with van der Waals surface area (Å²) in [6, 6.07) is 6.01. The van der Waals surface area contributed by atoms with Crippen LogP contribution in [0.2, 0.25) is 0 Å². The predicted molar refractivity (Wildman–Crippen MR) is 87.9 cm³/mol. The molecule has 2 N–H and O–H groups in total. The van der Waals surface area contributed by atoms with Gasteiger partial charge in [0.25, 0.3) is 0 Å². The number of hydrogen-bond donors (Lipinski definition) is 2. The number of carbonyl (C=O) groups excluding carboxylic acids is 1. The first-order chi connectivity index (χ1) is 10.2. The molecule has 1 atom stereocenters. The molecule has 1 aromatic rings. The van der Waals surface area contributed by atoms with E-state index in [4.69, 9.17) is 0 Å². The summed E-state index contributed by atoms with van der Waals surface area (Å²) in [6.45, 7) is 5.18. The third-order valence-corrected chi connectivity index (χ3v) is 4.61. The molecule has 4 nitrogen and oxygen atoms in total. The Morgan fingerprint density at radius 2 is 2.27 bits per heavy atom. The van der Waals surface area contributed by atoms with Crippen molar-refractivity contribution in [2.75, 3.05) is 38.0 Å². The zero-order valence-electron chi connectivity index (χ0n) is 12.6. The van der Waals surface area contributed by atoms with Crippen LogP contribution in [0.25, 0.3) is 0 Å². The summed E-state index contributed by atoms with van der Waals surface area (Å²) < 4.78 is 13.1. The Hall–Kier alpha value is -1.17. The van der Waals surface area contributed by atoms with Crippen molar-refractivity contribution < 1.29 is 9.18 Å². The molecule has 2 aliphatic heterocycles. The average Bonchev–Trinajstić information content (AvgIpc) is 3.07. The van der Waals surface area contributed by atoms with Crippen LogP contribution in [-0.4, -0.2) is 43.5 Å². The van der Waals surface area contributed by atoms with Crippen LogP contribution >= 0.6 is 12.4 Å². The molecule has 1 unspecified atom stereocenters. The van der Waals surface area contributed by atoms with Crippen LogP contribution in [0.15, 0.2) is 24.3 Å². The molecule has 22 heavy (non-hydrogen) atoms. The van der Waals surface area contributed by atoms with E-state index in [1.165, 1.54) is 25.0 Å². The Morgan fingerprint density at radius 3 is 3.00 bits per heavy atom. The summed E-state index contributed by atoms with van der Waals surface area (Å²) in [5, 5.41) is 6.19. The van der Waals surface area contributed by atoms with Gasteiger partial charge in [-0.25, -0.2) is 4.39 Å². The van der Waals surface area contributed by atoms with Crippen LogP contribution in [0, 0.1) is 11.2 Å². The van der Waals surface area contributed by atoms with E-state index in [0.29, 0.717) is 17.5 Å². The molecule has 0 saturated carbocycles. The van der Waals surface area contributed by atoms with Crippen molar-refractivity contribution in [2.45, 2.75) is 19.3 Å². The van der Waals surface area contributed by atoms with E-state index in [1.54, 1.807) is 12.1 Å². The van der Waals surface area contributed by atoms with E-state index in [0.717, 1.165) is 32.7 Å². The van der Waals surface area contributed by atoms with Crippen molar-refractivity contribution in [3.05, 3.63) is 30.1 Å². The van der Waals surface area contributed by atoms with Gasteiger partial charge < -0.3 is 15.5 Å². The maximum absolute atomic E-state index is 13.1. The maximum atomic E-state index is 13.1. The molecular formula is C16H23ClFN3O. The molecule has 2 aliphatic rings. The number of hydrogen-bond acceptors (Lipinski definition) is 3. The largest absolute Gasteiger partial charge is 0.326 e. The molecule has 2 saturated heterocycles. The summed E-state index contributed by atoms with van der Waals surface area (Å²) in [5.41, 5.74) is 0.969. The molecule has 2 fully saturated rings. The van der Waals surface area contributed by atoms with Gasteiger partial charge in [0, 0.05) is 31.7 Å². The number of nitrogens with one attached hydrogen (secondary N) is 2. The minimum Gasteiger partial charge on any atom is -0.326 e. The molecule has 1 amide bonds. The van der Waals surface area contributed by atoms with Gasteiger partial charge in [0.1, 0.15) is 5.82 Å². The second-order valence-electron chi connectivity index (χ2n) is 6.26. The van der Waals surface area contributed by atoms with Gasteiger partial charge in [-0.05, 0) is 49.5 Å². The van der Waals surface area contributed by atoms with E-state index < -0.39 is 0 Å². The first-order valence-corrected chi connectivity index (χ1v) is 7.64. The molecule has 0 bridgehead atoms. The Balaban J connectivity index is 0.00000176. The van der Waals surface area contributed by atoms with Crippen LogP contribution in [0.3, 0.4) is 0 Å². The highest BCUT2D eigenvalue weighted by atomic mass is 35.5. The molecule has 0 aliphatic carbocycles. The zero-order valence-corrected chi connectivity index (χ0v) is 13.4. The Bertz CT molecular complexity index is 520. The van der Waals surface area contributed by atoms with Gasteiger partial charge in [-0.2, -0.15) is 0 Å². The smallest absolute Gasteiger partial charge is 0.225 e. The lowest BCUT2D eigenvalue weighted by atomic mass is 9.87. The average molecular weight is 328 g/mol. The number of carbonyl (C=O) groups is 1. The number of benzene rings is 1. The molecule has 1 spiro atoms. The number of rotatable bonds is 4. The normalized spacial score (nSPS) is 24.4. The SMILES string of the molecule is Cl.O=C(CCN1CCC2(CCNC2)C1)Nc1cccc(F)c1. The van der Waals surface area contributed by atoms with Gasteiger partial charge in [0.2, 0.25) is 5.91 Å². The van der Waals surface area contributed by atoms with Crippen molar-refractivity contribution in [3.8, 4) is 0 Å². The Labute approximate surface area is 136 Å². The van der Waals surface area contributed by atoms with E-state index in [9.17, 15) is 9.18 Å². The highest BCUT2D eigenvalue weighted by Gasteiger charge is 2.39. The topological polar surface area (TPSA) is 44.4 Å². The van der Waals surface area contributed by atoms with Crippen molar-refractivity contribution in [2.24, 2.45) is 5.41 Å². The number of amides is 1. The molecule has 1 aromatic carbocycles. The van der Waals surface area contributed by atoms with E-state index in [-0.39, 0.29) is 24.1 Å². The van der Waals surface area contributed by atoms with Gasteiger partial charge in [0.15, 0.2) is 0 Å². The zero-order chi connectivity index (χ0) is 14.7. The number of halogens is 2. The summed E-state index contributed by atoms with van der Waals surface area (Å²) in [7, 11) is 0. The van der Waals surface area contributed by atoms with Crippen molar-refractivity contribution in [1.29, 1.82) is 0 Å². The van der Waals surface area contributed by atoms with E-state index >= 15 is 0 Å². The van der Waals surface area contributed by atoms with Gasteiger partial charge in [0.05, 0.1) is 0 Å². The number of anilines is 1. The van der Waals surface area contributed by atoms with Crippen LogP contribution in [0.4, 0.5) is 10.1 Å². The molecule has 0 aromatic heterocycles. The first kappa shape index (κ1) is 17.2. The monoisotopic (exact) mass is 327 g/mol. The minimum absolute atomic E-state index is 0. The molecule has 3 rings (SSSR count). The molecule has 0 radical (unpaired) electrons. The van der Waals surface area contributed by atoms with Gasteiger partial charge >= 0.3 is 0 Å². The Kier molecular flexibility index (Phi) is 5.78. The molecule has 6 heteroatoms. The van der Waals surface area contributed by atoms with Crippen molar-refractivity contribution >= 4 is 24.0 Å². The van der Waals surface area contributed by atoms with Gasteiger partial charge in [-0.1, -0.05) is 6.07 Å². The number of likely N-dealkylation sites (tertiary alicyclic amines) is 1. The number of nitrogens with zero attached hydrogens (tertiary/aromatic N) is 1. The van der Waals surface area contributed by atoms with Crippen molar-refractivity contribution in [1.82, 2.24) is 10.2 Å². The molecule has 2 heterocycles. The second-order valence-corrected chi connectivity index (χ2v) is 6.26. The van der Waals surface area contributed by atoms with E-state index in [2.05, 4.69) is 15.5 Å².